The molecule has 1 aromatic rings. The molecule has 0 fully saturated rings. The van der Waals surface area contributed by atoms with Gasteiger partial charge in [0.25, 0.3) is 0 Å². The second kappa shape index (κ2) is 4.16. The largest absolute Gasteiger partial charge is 0.0622 e. The van der Waals surface area contributed by atoms with Gasteiger partial charge >= 0.3 is 0 Å². The van der Waals surface area contributed by atoms with Gasteiger partial charge < -0.3 is 0 Å². The Morgan fingerprint density at radius 2 is 1.86 bits per heavy atom. The molecule has 0 saturated heterocycles. The van der Waals surface area contributed by atoms with Crippen molar-refractivity contribution in [2.45, 2.75) is 45.4 Å². The van der Waals surface area contributed by atoms with Crippen molar-refractivity contribution < 1.29 is 0 Å². The molecule has 76 valence electrons. The first-order valence-electron chi connectivity index (χ1n) is 5.85. The van der Waals surface area contributed by atoms with E-state index in [1.54, 1.807) is 11.1 Å². The average Bonchev–Trinajstić information content (AvgIpc) is 2.16. The Bertz CT molecular complexity index is 301. The first-order valence-corrected chi connectivity index (χ1v) is 5.85. The lowest BCUT2D eigenvalue weighted by atomic mass is 9.83. The van der Waals surface area contributed by atoms with E-state index in [0.717, 1.165) is 11.8 Å². The van der Waals surface area contributed by atoms with E-state index >= 15 is 0 Å². The third-order valence-corrected chi connectivity index (χ3v) is 3.49. The first-order chi connectivity index (χ1) is 6.77. The first kappa shape index (κ1) is 9.76. The van der Waals surface area contributed by atoms with Crippen LogP contribution in [-0.4, -0.2) is 0 Å². The van der Waals surface area contributed by atoms with Crippen LogP contribution in [0.1, 0.15) is 50.2 Å². The topological polar surface area (TPSA) is 0 Å². The second-order valence-electron chi connectivity index (χ2n) is 4.84. The van der Waals surface area contributed by atoms with Crippen LogP contribution in [0.2, 0.25) is 0 Å². The highest BCUT2D eigenvalue weighted by molar-refractivity contribution is 5.30. The molecule has 1 aromatic carbocycles. The summed E-state index contributed by atoms with van der Waals surface area (Å²) in [6.45, 7) is 4.75. The van der Waals surface area contributed by atoms with Crippen LogP contribution >= 0.6 is 0 Å². The summed E-state index contributed by atoms with van der Waals surface area (Å²) in [5.74, 6) is 1.63. The molecule has 0 aliphatic heterocycles. The molecule has 2 rings (SSSR count). The van der Waals surface area contributed by atoms with Gasteiger partial charge in [-0.25, -0.2) is 0 Å². The Kier molecular flexibility index (Phi) is 2.90. The zero-order valence-electron chi connectivity index (χ0n) is 9.29. The normalized spacial score (nSPS) is 27.6. The maximum Gasteiger partial charge on any atom is -0.0188 e. The maximum absolute atomic E-state index is 2.38. The highest BCUT2D eigenvalue weighted by atomic mass is 14.2. The van der Waals surface area contributed by atoms with Gasteiger partial charge in [-0.2, -0.15) is 0 Å². The maximum atomic E-state index is 2.38. The summed E-state index contributed by atoms with van der Waals surface area (Å²) in [5.41, 5.74) is 3.19. The van der Waals surface area contributed by atoms with Gasteiger partial charge in [-0.15, -0.1) is 0 Å². The van der Waals surface area contributed by atoms with E-state index in [9.17, 15) is 0 Å². The molecule has 14 heavy (non-hydrogen) atoms. The van der Waals surface area contributed by atoms with E-state index in [2.05, 4.69) is 38.1 Å². The molecule has 0 aromatic heterocycles. The van der Waals surface area contributed by atoms with E-state index in [0.29, 0.717) is 0 Å². The smallest absolute Gasteiger partial charge is 0.0188 e. The number of hydrogen-bond acceptors (Lipinski definition) is 0. The van der Waals surface area contributed by atoms with Crippen LogP contribution < -0.4 is 0 Å². The minimum atomic E-state index is 0.763. The van der Waals surface area contributed by atoms with Crippen LogP contribution in [0, 0.1) is 5.92 Å². The van der Waals surface area contributed by atoms with Gasteiger partial charge in [0.05, 0.1) is 0 Å². The standard InChI is InChI=1S/C14H20/c1-11-6-5-7-12(2)14-9-4-3-8-13(14)10-11/h3-4,8-9,11-12H,5-7,10H2,1-2H3/t11-,12?/m0/s1. The Balaban J connectivity index is 2.32. The van der Waals surface area contributed by atoms with Crippen molar-refractivity contribution in [3.8, 4) is 0 Å². The molecular weight excluding hydrogens is 168 g/mol. The summed E-state index contributed by atoms with van der Waals surface area (Å²) in [6.07, 6.45) is 5.44. The number of rotatable bonds is 0. The fourth-order valence-corrected chi connectivity index (χ4v) is 2.61. The van der Waals surface area contributed by atoms with Crippen LogP contribution in [-0.2, 0) is 6.42 Å². The number of fused-ring (bicyclic) bond motifs is 1. The summed E-state index contributed by atoms with van der Waals surface area (Å²) in [4.78, 5) is 0. The van der Waals surface area contributed by atoms with E-state index in [4.69, 9.17) is 0 Å². The van der Waals surface area contributed by atoms with Gasteiger partial charge in [-0.05, 0) is 35.8 Å². The molecule has 1 aliphatic carbocycles. The van der Waals surface area contributed by atoms with Gasteiger partial charge in [0.15, 0.2) is 0 Å². The molecule has 1 unspecified atom stereocenters. The fourth-order valence-electron chi connectivity index (χ4n) is 2.61. The van der Waals surface area contributed by atoms with Crippen molar-refractivity contribution in [3.63, 3.8) is 0 Å². The van der Waals surface area contributed by atoms with E-state index in [1.165, 1.54) is 25.7 Å². The van der Waals surface area contributed by atoms with Gasteiger partial charge in [0, 0.05) is 0 Å². The van der Waals surface area contributed by atoms with Crippen molar-refractivity contribution >= 4 is 0 Å². The lowest BCUT2D eigenvalue weighted by Crippen LogP contribution is -2.09. The lowest BCUT2D eigenvalue weighted by Gasteiger charge is -2.23. The fraction of sp³-hybridized carbons (Fsp3) is 0.571. The van der Waals surface area contributed by atoms with Gasteiger partial charge in [0.1, 0.15) is 0 Å². The van der Waals surface area contributed by atoms with E-state index in [-0.39, 0.29) is 0 Å². The van der Waals surface area contributed by atoms with Gasteiger partial charge in [-0.3, -0.25) is 0 Å². The molecule has 0 saturated carbocycles. The Hall–Kier alpha value is -0.780. The summed E-state index contributed by atoms with van der Waals surface area (Å²) < 4.78 is 0. The van der Waals surface area contributed by atoms with Crippen LogP contribution in [0.5, 0.6) is 0 Å². The van der Waals surface area contributed by atoms with Crippen molar-refractivity contribution in [3.05, 3.63) is 35.4 Å². The molecule has 0 bridgehead atoms. The zero-order chi connectivity index (χ0) is 9.97. The summed E-state index contributed by atoms with van der Waals surface area (Å²) in [7, 11) is 0. The Morgan fingerprint density at radius 1 is 1.07 bits per heavy atom. The predicted octanol–water partition coefficient (Wildman–Crippen LogP) is 4.15. The van der Waals surface area contributed by atoms with Gasteiger partial charge in [0.2, 0.25) is 0 Å². The molecule has 0 spiro atoms. The molecule has 0 nitrogen and oxygen atoms in total. The van der Waals surface area contributed by atoms with Crippen LogP contribution in [0.4, 0.5) is 0 Å². The third-order valence-electron chi connectivity index (χ3n) is 3.49. The minimum absolute atomic E-state index is 0.763. The van der Waals surface area contributed by atoms with Crippen LogP contribution in [0.3, 0.4) is 0 Å². The molecule has 1 aliphatic rings. The van der Waals surface area contributed by atoms with E-state index in [1.807, 2.05) is 0 Å². The van der Waals surface area contributed by atoms with Crippen LogP contribution in [0.15, 0.2) is 24.3 Å². The third kappa shape index (κ3) is 2.00. The number of hydrogen-bond donors (Lipinski definition) is 0. The summed E-state index contributed by atoms with van der Waals surface area (Å²) in [5, 5.41) is 0. The Labute approximate surface area is 87.3 Å². The van der Waals surface area contributed by atoms with Crippen molar-refractivity contribution in [1.82, 2.24) is 0 Å². The predicted molar refractivity (Wildman–Crippen MR) is 61.6 cm³/mol. The molecule has 0 amide bonds. The molecule has 2 atom stereocenters. The average molecular weight is 188 g/mol. The minimum Gasteiger partial charge on any atom is -0.0622 e. The summed E-state index contributed by atoms with van der Waals surface area (Å²) >= 11 is 0. The SMILES string of the molecule is CC1CCC[C@H](C)Cc2ccccc21. The monoisotopic (exact) mass is 188 g/mol. The Morgan fingerprint density at radius 3 is 2.71 bits per heavy atom. The molecular formula is C14H20. The van der Waals surface area contributed by atoms with Crippen molar-refractivity contribution in [1.29, 1.82) is 0 Å². The molecule has 0 radical (unpaired) electrons. The van der Waals surface area contributed by atoms with Crippen molar-refractivity contribution in [2.24, 2.45) is 5.92 Å². The quantitative estimate of drug-likeness (QED) is 0.573. The van der Waals surface area contributed by atoms with Crippen molar-refractivity contribution in [2.75, 3.05) is 0 Å². The van der Waals surface area contributed by atoms with Crippen LogP contribution in [0.25, 0.3) is 0 Å². The lowest BCUT2D eigenvalue weighted by molar-refractivity contribution is 0.458. The second-order valence-corrected chi connectivity index (χ2v) is 4.84. The van der Waals surface area contributed by atoms with E-state index < -0.39 is 0 Å². The molecule has 0 heterocycles. The zero-order valence-corrected chi connectivity index (χ0v) is 9.29. The molecule has 0 heteroatoms. The van der Waals surface area contributed by atoms with Gasteiger partial charge in [-0.1, -0.05) is 51.0 Å². The highest BCUT2D eigenvalue weighted by Crippen LogP contribution is 2.30. The number of benzene rings is 1. The summed E-state index contributed by atoms with van der Waals surface area (Å²) in [6, 6.07) is 8.99. The highest BCUT2D eigenvalue weighted by Gasteiger charge is 2.15. The molecule has 0 N–H and O–H groups in total.